The molecule has 1 saturated heterocycles. The quantitative estimate of drug-likeness (QED) is 0.298. The topological polar surface area (TPSA) is 15.3 Å². The van der Waals surface area contributed by atoms with Crippen molar-refractivity contribution < 1.29 is 0 Å². The fourth-order valence-corrected chi connectivity index (χ4v) is 6.95. The van der Waals surface area contributed by atoms with Gasteiger partial charge < -0.3 is 5.32 Å². The molecule has 0 radical (unpaired) electrons. The van der Waals surface area contributed by atoms with Crippen LogP contribution in [0.15, 0.2) is 49.0 Å². The van der Waals surface area contributed by atoms with Gasteiger partial charge in [-0.2, -0.15) is 12.6 Å². The van der Waals surface area contributed by atoms with Crippen molar-refractivity contribution >= 4 is 18.3 Å². The van der Waals surface area contributed by atoms with E-state index in [0.29, 0.717) is 6.04 Å². The smallest absolute Gasteiger partial charge is 0.0349 e. The summed E-state index contributed by atoms with van der Waals surface area (Å²) in [4.78, 5) is 2.78. The summed E-state index contributed by atoms with van der Waals surface area (Å²) < 4.78 is 0. The van der Waals surface area contributed by atoms with E-state index in [1.165, 1.54) is 85.7 Å². The summed E-state index contributed by atoms with van der Waals surface area (Å²) in [5.41, 5.74) is 7.56. The van der Waals surface area contributed by atoms with Gasteiger partial charge in [-0.15, -0.1) is 0 Å². The highest BCUT2D eigenvalue weighted by atomic mass is 32.1. The molecule has 196 valence electrons. The minimum absolute atomic E-state index is 0.357. The van der Waals surface area contributed by atoms with Crippen LogP contribution in [0.1, 0.15) is 88.3 Å². The first kappa shape index (κ1) is 27.3. The molecule has 2 nitrogen and oxygen atoms in total. The van der Waals surface area contributed by atoms with E-state index in [1.54, 1.807) is 0 Å². The van der Waals surface area contributed by atoms with Gasteiger partial charge in [-0.3, -0.25) is 4.90 Å². The van der Waals surface area contributed by atoms with Crippen LogP contribution in [0.25, 0.3) is 16.8 Å². The number of nitrogens with zero attached hydrogens (tertiary/aromatic N) is 1. The molecular weight excluding hydrogens is 456 g/mol. The molecule has 0 spiro atoms. The van der Waals surface area contributed by atoms with Crippen molar-refractivity contribution in [2.45, 2.75) is 97.2 Å². The third-order valence-corrected chi connectivity index (χ3v) is 8.84. The molecule has 3 unspecified atom stereocenters. The molecule has 0 aromatic heterocycles. The molecular formula is C33H48N2S. The number of benzene rings is 2. The van der Waals surface area contributed by atoms with E-state index in [1.807, 2.05) is 0 Å². The third kappa shape index (κ3) is 7.19. The zero-order valence-electron chi connectivity index (χ0n) is 22.9. The Morgan fingerprint density at radius 2 is 1.86 bits per heavy atom. The largest absolute Gasteiger partial charge is 0.383 e. The van der Waals surface area contributed by atoms with Gasteiger partial charge in [-0.1, -0.05) is 82.0 Å². The van der Waals surface area contributed by atoms with Crippen molar-refractivity contribution in [3.8, 4) is 11.1 Å². The Kier molecular flexibility index (Phi) is 10.0. The minimum Gasteiger partial charge on any atom is -0.383 e. The number of aryl methyl sites for hydroxylation is 1. The molecule has 1 heterocycles. The highest BCUT2D eigenvalue weighted by Crippen LogP contribution is 2.35. The van der Waals surface area contributed by atoms with Crippen LogP contribution >= 0.6 is 12.6 Å². The second-order valence-corrected chi connectivity index (χ2v) is 12.2. The molecule has 0 bridgehead atoms. The van der Waals surface area contributed by atoms with Gasteiger partial charge in [-0.25, -0.2) is 0 Å². The highest BCUT2D eigenvalue weighted by Gasteiger charge is 2.30. The second kappa shape index (κ2) is 13.2. The number of likely N-dealkylation sites (tertiary alicyclic amines) is 1. The zero-order valence-corrected chi connectivity index (χ0v) is 23.8. The molecule has 0 amide bonds. The maximum Gasteiger partial charge on any atom is 0.0349 e. The van der Waals surface area contributed by atoms with E-state index in [4.69, 9.17) is 0 Å². The van der Waals surface area contributed by atoms with E-state index < -0.39 is 0 Å². The predicted octanol–water partition coefficient (Wildman–Crippen LogP) is 8.50. The Bertz CT molecular complexity index is 993. The number of hydrogen-bond donors (Lipinski definition) is 2. The maximum atomic E-state index is 4.44. The minimum atomic E-state index is 0.357. The van der Waals surface area contributed by atoms with Crippen LogP contribution in [0.4, 0.5) is 0 Å². The summed E-state index contributed by atoms with van der Waals surface area (Å²) in [5, 5.41) is 3.63. The van der Waals surface area contributed by atoms with Crippen LogP contribution in [0.5, 0.6) is 0 Å². The van der Waals surface area contributed by atoms with Gasteiger partial charge in [-0.05, 0) is 85.4 Å². The molecule has 2 aliphatic rings. The Morgan fingerprint density at radius 1 is 1.08 bits per heavy atom. The van der Waals surface area contributed by atoms with E-state index in [9.17, 15) is 0 Å². The van der Waals surface area contributed by atoms with Crippen molar-refractivity contribution in [1.82, 2.24) is 10.2 Å². The lowest BCUT2D eigenvalue weighted by Crippen LogP contribution is -2.29. The van der Waals surface area contributed by atoms with Gasteiger partial charge in [0.25, 0.3) is 0 Å². The Labute approximate surface area is 226 Å². The molecule has 2 aromatic rings. The lowest BCUT2D eigenvalue weighted by atomic mass is 9.85. The number of rotatable bonds is 11. The van der Waals surface area contributed by atoms with Gasteiger partial charge in [0.05, 0.1) is 0 Å². The summed E-state index contributed by atoms with van der Waals surface area (Å²) in [6.07, 6.45) is 12.5. The number of hydrogen-bond acceptors (Lipinski definition) is 3. The summed E-state index contributed by atoms with van der Waals surface area (Å²) in [5.74, 6) is 2.65. The fourth-order valence-electron chi connectivity index (χ4n) is 6.56. The van der Waals surface area contributed by atoms with Crippen LogP contribution in [-0.2, 0) is 6.54 Å². The first-order valence-corrected chi connectivity index (χ1v) is 15.1. The summed E-state index contributed by atoms with van der Waals surface area (Å²) in [6, 6.07) is 16.9. The molecule has 4 rings (SSSR count). The number of nitrogens with one attached hydrogen (secondary N) is 1. The van der Waals surface area contributed by atoms with Crippen molar-refractivity contribution in [1.29, 1.82) is 0 Å². The summed E-state index contributed by atoms with van der Waals surface area (Å²) in [6.45, 7) is 13.6. The summed E-state index contributed by atoms with van der Waals surface area (Å²) in [7, 11) is 0. The molecule has 3 heteroatoms. The normalized spacial score (nSPS) is 22.0. The first-order chi connectivity index (χ1) is 17.4. The molecule has 1 aliphatic carbocycles. The lowest BCUT2D eigenvalue weighted by Gasteiger charge is -2.28. The second-order valence-electron chi connectivity index (χ2n) is 11.7. The first-order valence-electron chi connectivity index (χ1n) is 14.4. The molecule has 36 heavy (non-hydrogen) atoms. The van der Waals surface area contributed by atoms with Gasteiger partial charge in [0.2, 0.25) is 0 Å². The van der Waals surface area contributed by atoms with Gasteiger partial charge in [0.1, 0.15) is 0 Å². The van der Waals surface area contributed by atoms with Crippen molar-refractivity contribution in [2.24, 2.45) is 11.8 Å². The van der Waals surface area contributed by atoms with Crippen molar-refractivity contribution in [3.05, 3.63) is 65.7 Å². The van der Waals surface area contributed by atoms with Crippen molar-refractivity contribution in [3.63, 3.8) is 0 Å². The van der Waals surface area contributed by atoms with Gasteiger partial charge in [0, 0.05) is 36.4 Å². The van der Waals surface area contributed by atoms with Crippen molar-refractivity contribution in [2.75, 3.05) is 12.3 Å². The molecule has 1 aliphatic heterocycles. The molecule has 1 N–H and O–H groups in total. The Morgan fingerprint density at radius 3 is 2.61 bits per heavy atom. The average molecular weight is 505 g/mol. The van der Waals surface area contributed by atoms with Crippen LogP contribution in [-0.4, -0.2) is 29.3 Å². The monoisotopic (exact) mass is 504 g/mol. The summed E-state index contributed by atoms with van der Waals surface area (Å²) >= 11 is 4.41. The van der Waals surface area contributed by atoms with E-state index in [-0.39, 0.29) is 0 Å². The maximum absolute atomic E-state index is 4.44. The Hall–Kier alpha value is -1.71. The predicted molar refractivity (Wildman–Crippen MR) is 161 cm³/mol. The third-order valence-electron chi connectivity index (χ3n) is 8.58. The van der Waals surface area contributed by atoms with E-state index >= 15 is 0 Å². The standard InChI is InChI=1S/C33H48N2S/c1-24-20-30(16-14-28-11-6-5-7-12-28)35(22-24)23-29-15-17-32(27(4)34-26(3)18-19-36)33(21-29)31-13-9-8-10-25(31)2/h8-10,13,15,17,21,24,26,28,30,34,36H,4-7,11-12,14,16,18-20,22-23H2,1-3H3. The zero-order chi connectivity index (χ0) is 25.5. The van der Waals surface area contributed by atoms with Crippen LogP contribution in [0, 0.1) is 18.8 Å². The lowest BCUT2D eigenvalue weighted by molar-refractivity contribution is 0.212. The van der Waals surface area contributed by atoms with Crippen LogP contribution in [0.3, 0.4) is 0 Å². The SMILES string of the molecule is C=C(NC(C)CCS)c1ccc(CN2CC(C)CC2CCC2CCCCC2)cc1-c1ccccc1C. The van der Waals surface area contributed by atoms with Crippen LogP contribution < -0.4 is 5.32 Å². The van der Waals surface area contributed by atoms with E-state index in [2.05, 4.69) is 92.7 Å². The fraction of sp³-hybridized carbons (Fsp3) is 0.576. The van der Waals surface area contributed by atoms with Gasteiger partial charge in [0.15, 0.2) is 0 Å². The van der Waals surface area contributed by atoms with Crippen LogP contribution in [0.2, 0.25) is 0 Å². The highest BCUT2D eigenvalue weighted by molar-refractivity contribution is 7.80. The van der Waals surface area contributed by atoms with E-state index in [0.717, 1.165) is 42.3 Å². The molecule has 2 fully saturated rings. The molecule has 2 aromatic carbocycles. The average Bonchev–Trinajstić information content (AvgIpc) is 3.22. The Balaban J connectivity index is 1.53. The molecule has 3 atom stereocenters. The molecule has 1 saturated carbocycles. The van der Waals surface area contributed by atoms with Gasteiger partial charge >= 0.3 is 0 Å². The number of thiol groups is 1.